The molecule has 0 aliphatic heterocycles. The van der Waals surface area contributed by atoms with Crippen LogP contribution in [0.15, 0.2) is 18.2 Å². The fourth-order valence-electron chi connectivity index (χ4n) is 1.44. The summed E-state index contributed by atoms with van der Waals surface area (Å²) in [7, 11) is 0. The number of carbonyl (C=O) groups is 1. The fourth-order valence-corrected chi connectivity index (χ4v) is 1.44. The lowest BCUT2D eigenvalue weighted by molar-refractivity contribution is 0.100. The normalized spacial score (nSPS) is 14.1. The number of nitrogen functional groups attached to an aromatic ring is 1. The number of benzene rings is 1. The molecule has 17 heavy (non-hydrogen) atoms. The van der Waals surface area contributed by atoms with Gasteiger partial charge in [-0.25, -0.2) is 0 Å². The second-order valence-electron chi connectivity index (χ2n) is 4.37. The highest BCUT2D eigenvalue weighted by atomic mass is 16.3. The van der Waals surface area contributed by atoms with Crippen molar-refractivity contribution in [1.82, 2.24) is 0 Å². The summed E-state index contributed by atoms with van der Waals surface area (Å²) in [5.74, 6) is -0.524. The van der Waals surface area contributed by atoms with E-state index in [0.29, 0.717) is 23.4 Å². The fraction of sp³-hybridized carbons (Fsp3) is 0.417. The molecular weight excluding hydrogens is 218 g/mol. The monoisotopic (exact) mass is 237 g/mol. The average Bonchev–Trinajstić information content (AvgIpc) is 2.28. The molecular formula is C12H19N3O2. The Morgan fingerprint density at radius 3 is 2.65 bits per heavy atom. The van der Waals surface area contributed by atoms with Gasteiger partial charge in [0.05, 0.1) is 17.7 Å². The second-order valence-corrected chi connectivity index (χ2v) is 4.37. The number of amides is 1. The maximum Gasteiger partial charge on any atom is 0.250 e. The Balaban J connectivity index is 3.12. The summed E-state index contributed by atoms with van der Waals surface area (Å²) < 4.78 is 0. The molecule has 5 nitrogen and oxygen atoms in total. The molecule has 1 aromatic carbocycles. The molecule has 0 saturated carbocycles. The van der Waals surface area contributed by atoms with Crippen molar-refractivity contribution in [1.29, 1.82) is 0 Å². The molecule has 0 aliphatic carbocycles. The average molecular weight is 237 g/mol. The number of nitrogens with two attached hydrogens (primary N) is 2. The van der Waals surface area contributed by atoms with Crippen LogP contribution in [-0.2, 0) is 0 Å². The number of carbonyl (C=O) groups excluding carboxylic acids is 1. The van der Waals surface area contributed by atoms with Crippen molar-refractivity contribution in [2.75, 3.05) is 17.7 Å². The summed E-state index contributed by atoms with van der Waals surface area (Å²) in [6.07, 6.45) is 0.705. The molecule has 1 unspecified atom stereocenters. The molecule has 0 saturated heterocycles. The summed E-state index contributed by atoms with van der Waals surface area (Å²) in [4.78, 5) is 11.3. The smallest absolute Gasteiger partial charge is 0.250 e. The summed E-state index contributed by atoms with van der Waals surface area (Å²) in [6, 6.07) is 4.84. The van der Waals surface area contributed by atoms with Crippen molar-refractivity contribution in [3.8, 4) is 0 Å². The lowest BCUT2D eigenvalue weighted by atomic mass is 9.98. The van der Waals surface area contributed by atoms with Crippen LogP contribution in [-0.4, -0.2) is 23.2 Å². The van der Waals surface area contributed by atoms with Gasteiger partial charge in [0.1, 0.15) is 0 Å². The number of aliphatic hydroxyl groups is 1. The van der Waals surface area contributed by atoms with E-state index in [0.717, 1.165) is 0 Å². The molecule has 0 spiro atoms. The highest BCUT2D eigenvalue weighted by molar-refractivity contribution is 5.99. The summed E-state index contributed by atoms with van der Waals surface area (Å²) in [6.45, 7) is 3.76. The Morgan fingerprint density at radius 1 is 1.53 bits per heavy atom. The van der Waals surface area contributed by atoms with Gasteiger partial charge >= 0.3 is 0 Å². The van der Waals surface area contributed by atoms with Crippen LogP contribution in [0.5, 0.6) is 0 Å². The van der Waals surface area contributed by atoms with E-state index in [9.17, 15) is 9.90 Å². The molecule has 6 N–H and O–H groups in total. The van der Waals surface area contributed by atoms with Crippen LogP contribution in [0.1, 0.15) is 30.6 Å². The first-order valence-corrected chi connectivity index (χ1v) is 5.50. The molecule has 0 aliphatic rings. The van der Waals surface area contributed by atoms with E-state index < -0.39 is 11.4 Å². The van der Waals surface area contributed by atoms with Gasteiger partial charge in [-0.1, -0.05) is 6.92 Å². The zero-order valence-electron chi connectivity index (χ0n) is 10.2. The predicted molar refractivity (Wildman–Crippen MR) is 68.8 cm³/mol. The number of primary amides is 1. The maximum absolute atomic E-state index is 11.3. The molecule has 0 aromatic heterocycles. The third-order valence-corrected chi connectivity index (χ3v) is 2.87. The molecule has 5 heteroatoms. The van der Waals surface area contributed by atoms with Crippen molar-refractivity contribution in [3.05, 3.63) is 23.8 Å². The van der Waals surface area contributed by atoms with Gasteiger partial charge in [-0.2, -0.15) is 0 Å². The Morgan fingerprint density at radius 2 is 2.18 bits per heavy atom. The van der Waals surface area contributed by atoms with Crippen LogP contribution in [0.3, 0.4) is 0 Å². The molecule has 1 amide bonds. The molecule has 0 fully saturated rings. The first-order valence-electron chi connectivity index (χ1n) is 5.50. The van der Waals surface area contributed by atoms with Crippen LogP contribution in [0.25, 0.3) is 0 Å². The van der Waals surface area contributed by atoms with E-state index in [1.165, 1.54) is 0 Å². The van der Waals surface area contributed by atoms with Crippen LogP contribution in [0, 0.1) is 0 Å². The standard InChI is InChI=1S/C12H19N3O2/c1-3-12(2,7-16)15-10-6-8(13)4-5-9(10)11(14)17/h4-6,15-16H,3,7,13H2,1-2H3,(H2,14,17). The quantitative estimate of drug-likeness (QED) is 0.572. The zero-order chi connectivity index (χ0) is 13.1. The summed E-state index contributed by atoms with van der Waals surface area (Å²) in [5.41, 5.74) is 11.9. The first-order chi connectivity index (χ1) is 7.91. The number of anilines is 2. The highest BCUT2D eigenvalue weighted by Gasteiger charge is 2.22. The third-order valence-electron chi connectivity index (χ3n) is 2.87. The minimum absolute atomic E-state index is 0.0451. The van der Waals surface area contributed by atoms with E-state index in [-0.39, 0.29) is 6.61 Å². The number of nitrogens with one attached hydrogen (secondary N) is 1. The van der Waals surface area contributed by atoms with Crippen molar-refractivity contribution in [2.24, 2.45) is 5.73 Å². The van der Waals surface area contributed by atoms with Crippen molar-refractivity contribution in [3.63, 3.8) is 0 Å². The van der Waals surface area contributed by atoms with Gasteiger partial charge in [0.15, 0.2) is 0 Å². The van der Waals surface area contributed by atoms with Crippen LogP contribution in [0.2, 0.25) is 0 Å². The number of rotatable bonds is 5. The molecule has 1 aromatic rings. The Bertz CT molecular complexity index is 414. The van der Waals surface area contributed by atoms with Crippen molar-refractivity contribution >= 4 is 17.3 Å². The number of aliphatic hydroxyl groups excluding tert-OH is 1. The van der Waals surface area contributed by atoms with Gasteiger partial charge < -0.3 is 21.9 Å². The molecule has 0 radical (unpaired) electrons. The van der Waals surface area contributed by atoms with Gasteiger partial charge in [-0.3, -0.25) is 4.79 Å². The molecule has 1 rings (SSSR count). The third kappa shape index (κ3) is 3.10. The zero-order valence-corrected chi connectivity index (χ0v) is 10.2. The molecule has 1 atom stereocenters. The molecule has 94 valence electrons. The maximum atomic E-state index is 11.3. The van der Waals surface area contributed by atoms with Crippen LogP contribution < -0.4 is 16.8 Å². The van der Waals surface area contributed by atoms with Crippen LogP contribution >= 0.6 is 0 Å². The lowest BCUT2D eigenvalue weighted by Gasteiger charge is -2.29. The van der Waals surface area contributed by atoms with E-state index in [4.69, 9.17) is 11.5 Å². The topological polar surface area (TPSA) is 101 Å². The van der Waals surface area contributed by atoms with Crippen molar-refractivity contribution < 1.29 is 9.90 Å². The Hall–Kier alpha value is -1.75. The van der Waals surface area contributed by atoms with E-state index >= 15 is 0 Å². The van der Waals surface area contributed by atoms with E-state index in [1.807, 2.05) is 13.8 Å². The van der Waals surface area contributed by atoms with Gasteiger partial charge in [-0.05, 0) is 31.5 Å². The minimum atomic E-state index is -0.524. The van der Waals surface area contributed by atoms with Gasteiger partial charge in [0, 0.05) is 11.4 Å². The van der Waals surface area contributed by atoms with Gasteiger partial charge in [-0.15, -0.1) is 0 Å². The first kappa shape index (κ1) is 13.3. The predicted octanol–water partition coefficient (Wildman–Crippen LogP) is 0.941. The SMILES string of the molecule is CCC(C)(CO)Nc1cc(N)ccc1C(N)=O. The second kappa shape index (κ2) is 5.05. The highest BCUT2D eigenvalue weighted by Crippen LogP contribution is 2.24. The summed E-state index contributed by atoms with van der Waals surface area (Å²) in [5, 5.41) is 12.5. The van der Waals surface area contributed by atoms with Gasteiger partial charge in [0.2, 0.25) is 0 Å². The van der Waals surface area contributed by atoms with Gasteiger partial charge in [0.25, 0.3) is 5.91 Å². The van der Waals surface area contributed by atoms with E-state index in [1.54, 1.807) is 18.2 Å². The largest absolute Gasteiger partial charge is 0.399 e. The van der Waals surface area contributed by atoms with Crippen LogP contribution in [0.4, 0.5) is 11.4 Å². The minimum Gasteiger partial charge on any atom is -0.399 e. The Labute approximate surface area is 101 Å². The van der Waals surface area contributed by atoms with E-state index in [2.05, 4.69) is 5.32 Å². The number of hydrogen-bond donors (Lipinski definition) is 4. The number of hydrogen-bond acceptors (Lipinski definition) is 4. The molecule has 0 heterocycles. The lowest BCUT2D eigenvalue weighted by Crippen LogP contribution is -2.38. The summed E-state index contributed by atoms with van der Waals surface area (Å²) >= 11 is 0. The molecule has 0 bridgehead atoms. The van der Waals surface area contributed by atoms with Crippen molar-refractivity contribution in [2.45, 2.75) is 25.8 Å². The Kier molecular flexibility index (Phi) is 3.96.